The first-order chi connectivity index (χ1) is 15.8. The molecule has 0 atom stereocenters. The first-order valence-electron chi connectivity index (χ1n) is 10.1. The number of benzene rings is 2. The highest BCUT2D eigenvalue weighted by Gasteiger charge is 2.12. The zero-order valence-corrected chi connectivity index (χ0v) is 17.4. The molecule has 0 aliphatic heterocycles. The Morgan fingerprint density at radius 2 is 1.38 bits per heavy atom. The van der Waals surface area contributed by atoms with Crippen LogP contribution in [-0.4, -0.2) is 32.3 Å². The second-order valence-corrected chi connectivity index (χ2v) is 7.10. The molecule has 0 radical (unpaired) electrons. The predicted molar refractivity (Wildman–Crippen MR) is 124 cm³/mol. The Hall–Kier alpha value is -4.45. The van der Waals surface area contributed by atoms with Crippen molar-refractivity contribution in [1.29, 1.82) is 0 Å². The van der Waals surface area contributed by atoms with Crippen LogP contribution in [0.25, 0.3) is 45.3 Å². The van der Waals surface area contributed by atoms with Crippen molar-refractivity contribution in [3.8, 4) is 51.0 Å². The number of ether oxygens (including phenoxy) is 1. The van der Waals surface area contributed by atoms with Gasteiger partial charge in [-0.2, -0.15) is 0 Å². The van der Waals surface area contributed by atoms with Crippen LogP contribution in [0.4, 0.5) is 0 Å². The SMILES string of the molecule is COc1ccc(-c2cc(-c3ccccn3)nc(-c3ncc(-c4ccccc4)nn3)c2)cc1. The van der Waals surface area contributed by atoms with Crippen molar-refractivity contribution in [2.75, 3.05) is 7.11 Å². The normalized spacial score (nSPS) is 10.7. The number of nitrogens with zero attached hydrogens (tertiary/aromatic N) is 5. The highest BCUT2D eigenvalue weighted by molar-refractivity contribution is 5.74. The summed E-state index contributed by atoms with van der Waals surface area (Å²) in [6.45, 7) is 0. The Labute approximate surface area is 185 Å². The molecule has 0 N–H and O–H groups in total. The summed E-state index contributed by atoms with van der Waals surface area (Å²) >= 11 is 0. The zero-order valence-electron chi connectivity index (χ0n) is 17.4. The van der Waals surface area contributed by atoms with Gasteiger partial charge in [0.25, 0.3) is 0 Å². The summed E-state index contributed by atoms with van der Waals surface area (Å²) in [5.74, 6) is 1.26. The minimum atomic E-state index is 0.456. The lowest BCUT2D eigenvalue weighted by molar-refractivity contribution is 0.415. The van der Waals surface area contributed by atoms with Gasteiger partial charge in [-0.05, 0) is 47.5 Å². The quantitative estimate of drug-likeness (QED) is 0.384. The van der Waals surface area contributed by atoms with Crippen molar-refractivity contribution < 1.29 is 4.74 Å². The van der Waals surface area contributed by atoms with Gasteiger partial charge in [-0.15, -0.1) is 10.2 Å². The first kappa shape index (κ1) is 19.5. The van der Waals surface area contributed by atoms with E-state index in [1.807, 2.05) is 84.9 Å². The molecule has 5 rings (SSSR count). The lowest BCUT2D eigenvalue weighted by Gasteiger charge is -2.09. The Morgan fingerprint density at radius 1 is 0.594 bits per heavy atom. The lowest BCUT2D eigenvalue weighted by atomic mass is 10.0. The number of rotatable bonds is 5. The molecule has 0 bridgehead atoms. The molecule has 6 nitrogen and oxygen atoms in total. The maximum atomic E-state index is 5.29. The molecule has 0 saturated heterocycles. The summed E-state index contributed by atoms with van der Waals surface area (Å²) in [4.78, 5) is 13.8. The largest absolute Gasteiger partial charge is 0.497 e. The van der Waals surface area contributed by atoms with Crippen molar-refractivity contribution in [2.45, 2.75) is 0 Å². The van der Waals surface area contributed by atoms with E-state index in [1.165, 1.54) is 0 Å². The fraction of sp³-hybridized carbons (Fsp3) is 0.0385. The number of hydrogen-bond donors (Lipinski definition) is 0. The molecule has 2 aromatic carbocycles. The van der Waals surface area contributed by atoms with Gasteiger partial charge >= 0.3 is 0 Å². The molecule has 154 valence electrons. The van der Waals surface area contributed by atoms with Crippen LogP contribution in [0.2, 0.25) is 0 Å². The third kappa shape index (κ3) is 4.06. The number of pyridine rings is 2. The van der Waals surface area contributed by atoms with Crippen LogP contribution in [0, 0.1) is 0 Å². The fourth-order valence-corrected chi connectivity index (χ4v) is 3.37. The van der Waals surface area contributed by atoms with Crippen molar-refractivity contribution in [2.24, 2.45) is 0 Å². The monoisotopic (exact) mass is 417 g/mol. The third-order valence-electron chi connectivity index (χ3n) is 5.04. The lowest BCUT2D eigenvalue weighted by Crippen LogP contribution is -1.98. The topological polar surface area (TPSA) is 73.7 Å². The van der Waals surface area contributed by atoms with Gasteiger partial charge in [0.15, 0.2) is 5.82 Å². The summed E-state index contributed by atoms with van der Waals surface area (Å²) in [5.41, 5.74) is 5.84. The average Bonchev–Trinajstić information content (AvgIpc) is 2.89. The summed E-state index contributed by atoms with van der Waals surface area (Å²) in [5, 5.41) is 8.73. The van der Waals surface area contributed by atoms with E-state index in [4.69, 9.17) is 9.72 Å². The molecule has 6 heteroatoms. The number of aromatic nitrogens is 5. The van der Waals surface area contributed by atoms with E-state index in [1.54, 1.807) is 19.5 Å². The standard InChI is InChI=1S/C26H19N5O/c1-32-21-12-10-18(11-13-21)20-15-23(22-9-5-6-14-27-22)29-24(16-20)26-28-17-25(30-31-26)19-7-3-2-4-8-19/h2-17H,1H3. The molecule has 0 aliphatic carbocycles. The van der Waals surface area contributed by atoms with E-state index < -0.39 is 0 Å². The maximum Gasteiger partial charge on any atom is 0.200 e. The zero-order chi connectivity index (χ0) is 21.8. The molecule has 0 amide bonds. The minimum absolute atomic E-state index is 0.456. The van der Waals surface area contributed by atoms with Crippen LogP contribution < -0.4 is 4.74 Å². The molecule has 3 aromatic heterocycles. The molecule has 0 spiro atoms. The van der Waals surface area contributed by atoms with E-state index in [9.17, 15) is 0 Å². The molecule has 0 fully saturated rings. The van der Waals surface area contributed by atoms with E-state index in [-0.39, 0.29) is 0 Å². The van der Waals surface area contributed by atoms with Crippen LogP contribution in [0.5, 0.6) is 5.75 Å². The Balaban J connectivity index is 1.59. The van der Waals surface area contributed by atoms with Crippen molar-refractivity contribution >= 4 is 0 Å². The Kier molecular flexibility index (Phi) is 5.32. The van der Waals surface area contributed by atoms with Gasteiger partial charge in [0.2, 0.25) is 0 Å². The smallest absolute Gasteiger partial charge is 0.200 e. The predicted octanol–water partition coefficient (Wildman–Crippen LogP) is 5.34. The van der Waals surface area contributed by atoms with Gasteiger partial charge < -0.3 is 4.74 Å². The fourth-order valence-electron chi connectivity index (χ4n) is 3.37. The maximum absolute atomic E-state index is 5.29. The van der Waals surface area contributed by atoms with Crippen molar-refractivity contribution in [1.82, 2.24) is 25.1 Å². The molecule has 32 heavy (non-hydrogen) atoms. The summed E-state index contributed by atoms with van der Waals surface area (Å²) in [7, 11) is 1.65. The second-order valence-electron chi connectivity index (χ2n) is 7.10. The van der Waals surface area contributed by atoms with Crippen LogP contribution in [0.3, 0.4) is 0 Å². The molecular formula is C26H19N5O. The van der Waals surface area contributed by atoms with Gasteiger partial charge in [0, 0.05) is 11.8 Å². The Morgan fingerprint density at radius 3 is 2.06 bits per heavy atom. The first-order valence-corrected chi connectivity index (χ1v) is 10.1. The van der Waals surface area contributed by atoms with Crippen molar-refractivity contribution in [3.05, 3.63) is 97.3 Å². The number of methoxy groups -OCH3 is 1. The van der Waals surface area contributed by atoms with E-state index in [0.717, 1.165) is 33.8 Å². The van der Waals surface area contributed by atoms with Gasteiger partial charge in [-0.1, -0.05) is 48.5 Å². The summed E-state index contributed by atoms with van der Waals surface area (Å²) in [6, 6.07) is 27.5. The van der Waals surface area contributed by atoms with Gasteiger partial charge in [0.1, 0.15) is 17.1 Å². The van der Waals surface area contributed by atoms with Crippen LogP contribution in [-0.2, 0) is 0 Å². The average molecular weight is 417 g/mol. The summed E-state index contributed by atoms with van der Waals surface area (Å²) in [6.07, 6.45) is 3.48. The van der Waals surface area contributed by atoms with Crippen LogP contribution >= 0.6 is 0 Å². The second kappa shape index (κ2) is 8.73. The molecule has 0 unspecified atom stereocenters. The molecule has 3 heterocycles. The van der Waals surface area contributed by atoms with Gasteiger partial charge in [-0.25, -0.2) is 9.97 Å². The molecule has 0 aliphatic rings. The summed E-state index contributed by atoms with van der Waals surface area (Å²) < 4.78 is 5.29. The van der Waals surface area contributed by atoms with Crippen LogP contribution in [0.15, 0.2) is 97.3 Å². The molecule has 0 saturated carbocycles. The number of hydrogen-bond acceptors (Lipinski definition) is 6. The van der Waals surface area contributed by atoms with Crippen molar-refractivity contribution in [3.63, 3.8) is 0 Å². The van der Waals surface area contributed by atoms with E-state index in [0.29, 0.717) is 17.2 Å². The third-order valence-corrected chi connectivity index (χ3v) is 5.04. The highest BCUT2D eigenvalue weighted by Crippen LogP contribution is 2.29. The van der Waals surface area contributed by atoms with Crippen LogP contribution in [0.1, 0.15) is 0 Å². The van der Waals surface area contributed by atoms with Gasteiger partial charge in [0.05, 0.1) is 24.7 Å². The molecule has 5 aromatic rings. The van der Waals surface area contributed by atoms with E-state index >= 15 is 0 Å². The minimum Gasteiger partial charge on any atom is -0.497 e. The van der Waals surface area contributed by atoms with E-state index in [2.05, 4.69) is 20.2 Å². The molecular weight excluding hydrogens is 398 g/mol. The Bertz CT molecular complexity index is 1320. The highest BCUT2D eigenvalue weighted by atomic mass is 16.5. The van der Waals surface area contributed by atoms with Gasteiger partial charge in [-0.3, -0.25) is 4.98 Å².